The molecular formula is C15H18N2OS. The molecule has 1 amide bonds. The number of nitrogens with one attached hydrogen (secondary N) is 1. The van der Waals surface area contributed by atoms with Crippen molar-refractivity contribution in [3.8, 4) is 0 Å². The summed E-state index contributed by atoms with van der Waals surface area (Å²) in [6.45, 7) is 4.55. The summed E-state index contributed by atoms with van der Waals surface area (Å²) >= 11 is 1.58. The van der Waals surface area contributed by atoms with Gasteiger partial charge in [-0.1, -0.05) is 29.8 Å². The van der Waals surface area contributed by atoms with E-state index in [-0.39, 0.29) is 5.91 Å². The zero-order chi connectivity index (χ0) is 13.7. The molecule has 1 aromatic heterocycles. The lowest BCUT2D eigenvalue weighted by Gasteiger charge is -2.04. The summed E-state index contributed by atoms with van der Waals surface area (Å²) in [6.07, 6.45) is 1.30. The van der Waals surface area contributed by atoms with Crippen LogP contribution >= 0.6 is 11.3 Å². The average Bonchev–Trinajstić information content (AvgIpc) is 2.81. The van der Waals surface area contributed by atoms with Crippen LogP contribution in [0.25, 0.3) is 0 Å². The minimum absolute atomic E-state index is 0.0772. The lowest BCUT2D eigenvalue weighted by Crippen LogP contribution is -2.22. The number of nitrogens with zero attached hydrogens (tertiary/aromatic N) is 1. The molecule has 0 aliphatic carbocycles. The van der Waals surface area contributed by atoms with Crippen LogP contribution in [0.3, 0.4) is 0 Å². The first kappa shape index (κ1) is 13.7. The molecule has 3 nitrogen and oxygen atoms in total. The summed E-state index contributed by atoms with van der Waals surface area (Å²) in [5, 5.41) is 5.86. The number of amides is 1. The Balaban J connectivity index is 1.74. The molecule has 0 spiro atoms. The van der Waals surface area contributed by atoms with E-state index in [1.807, 2.05) is 12.3 Å². The van der Waals surface area contributed by atoms with Gasteiger partial charge in [0, 0.05) is 17.5 Å². The second-order valence-electron chi connectivity index (χ2n) is 4.64. The van der Waals surface area contributed by atoms with E-state index in [4.69, 9.17) is 0 Å². The summed E-state index contributed by atoms with van der Waals surface area (Å²) in [4.78, 5) is 16.0. The van der Waals surface area contributed by atoms with Gasteiger partial charge in [0.05, 0.1) is 6.54 Å². The number of rotatable bonds is 5. The predicted molar refractivity (Wildman–Crippen MR) is 78.2 cm³/mol. The molecule has 1 aromatic carbocycles. The van der Waals surface area contributed by atoms with Crippen molar-refractivity contribution in [3.63, 3.8) is 0 Å². The van der Waals surface area contributed by atoms with Crippen LogP contribution in [-0.4, -0.2) is 10.9 Å². The number of thiazole rings is 1. The zero-order valence-electron chi connectivity index (χ0n) is 11.3. The highest BCUT2D eigenvalue weighted by molar-refractivity contribution is 7.09. The summed E-state index contributed by atoms with van der Waals surface area (Å²) in [7, 11) is 0. The van der Waals surface area contributed by atoms with Crippen LogP contribution in [0.2, 0.25) is 0 Å². The van der Waals surface area contributed by atoms with E-state index in [1.54, 1.807) is 11.3 Å². The Morgan fingerprint density at radius 1 is 1.26 bits per heavy atom. The van der Waals surface area contributed by atoms with Crippen molar-refractivity contribution in [2.75, 3.05) is 0 Å². The SMILES string of the molecule is Cc1ccc(CCC(=O)NCc2nc(C)cs2)cc1. The first-order valence-corrected chi connectivity index (χ1v) is 7.25. The largest absolute Gasteiger partial charge is 0.350 e. The van der Waals surface area contributed by atoms with Crippen molar-refractivity contribution in [1.82, 2.24) is 10.3 Å². The standard InChI is InChI=1S/C15H18N2OS/c1-11-3-5-13(6-4-11)7-8-14(18)16-9-15-17-12(2)10-19-15/h3-6,10H,7-9H2,1-2H3,(H,16,18). The molecule has 2 aromatic rings. The smallest absolute Gasteiger partial charge is 0.220 e. The fourth-order valence-electron chi connectivity index (χ4n) is 1.76. The van der Waals surface area contributed by atoms with E-state index in [2.05, 4.69) is 41.5 Å². The minimum Gasteiger partial charge on any atom is -0.350 e. The third-order valence-electron chi connectivity index (χ3n) is 2.86. The third-order valence-corrected chi connectivity index (χ3v) is 3.83. The van der Waals surface area contributed by atoms with Gasteiger partial charge in [0.25, 0.3) is 0 Å². The number of benzene rings is 1. The maximum Gasteiger partial charge on any atom is 0.220 e. The van der Waals surface area contributed by atoms with E-state index in [0.717, 1.165) is 17.1 Å². The molecule has 0 radical (unpaired) electrons. The fraction of sp³-hybridized carbons (Fsp3) is 0.333. The van der Waals surface area contributed by atoms with Crippen LogP contribution in [-0.2, 0) is 17.8 Å². The van der Waals surface area contributed by atoms with Crippen molar-refractivity contribution in [2.24, 2.45) is 0 Å². The number of hydrogen-bond acceptors (Lipinski definition) is 3. The third kappa shape index (κ3) is 4.48. The highest BCUT2D eigenvalue weighted by Crippen LogP contribution is 2.08. The van der Waals surface area contributed by atoms with Crippen LogP contribution < -0.4 is 5.32 Å². The van der Waals surface area contributed by atoms with Gasteiger partial charge in [-0.15, -0.1) is 11.3 Å². The number of aromatic nitrogens is 1. The highest BCUT2D eigenvalue weighted by atomic mass is 32.1. The van der Waals surface area contributed by atoms with Gasteiger partial charge in [-0.3, -0.25) is 4.79 Å². The number of carbonyl (C=O) groups excluding carboxylic acids is 1. The minimum atomic E-state index is 0.0772. The van der Waals surface area contributed by atoms with Crippen molar-refractivity contribution < 1.29 is 4.79 Å². The van der Waals surface area contributed by atoms with E-state index >= 15 is 0 Å². The Morgan fingerprint density at radius 2 is 2.00 bits per heavy atom. The second-order valence-corrected chi connectivity index (χ2v) is 5.59. The maximum atomic E-state index is 11.7. The molecule has 0 aliphatic heterocycles. The molecule has 100 valence electrons. The zero-order valence-corrected chi connectivity index (χ0v) is 12.1. The van der Waals surface area contributed by atoms with Crippen LogP contribution in [0, 0.1) is 13.8 Å². The molecule has 0 saturated carbocycles. The first-order chi connectivity index (χ1) is 9.13. The summed E-state index contributed by atoms with van der Waals surface area (Å²) < 4.78 is 0. The van der Waals surface area contributed by atoms with E-state index in [0.29, 0.717) is 13.0 Å². The molecule has 0 fully saturated rings. The molecular weight excluding hydrogens is 256 g/mol. The fourth-order valence-corrected chi connectivity index (χ4v) is 2.47. The Morgan fingerprint density at radius 3 is 2.63 bits per heavy atom. The molecule has 0 unspecified atom stereocenters. The maximum absolute atomic E-state index is 11.7. The van der Waals surface area contributed by atoms with Crippen LogP contribution in [0.4, 0.5) is 0 Å². The Hall–Kier alpha value is -1.68. The average molecular weight is 274 g/mol. The summed E-state index contributed by atoms with van der Waals surface area (Å²) in [5.41, 5.74) is 3.45. The molecule has 0 atom stereocenters. The predicted octanol–water partition coefficient (Wildman–Crippen LogP) is 3.01. The van der Waals surface area contributed by atoms with Crippen molar-refractivity contribution in [1.29, 1.82) is 0 Å². The van der Waals surface area contributed by atoms with E-state index in [1.165, 1.54) is 11.1 Å². The molecule has 1 N–H and O–H groups in total. The van der Waals surface area contributed by atoms with E-state index in [9.17, 15) is 4.79 Å². The normalized spacial score (nSPS) is 10.4. The Kier molecular flexibility index (Phi) is 4.68. The van der Waals surface area contributed by atoms with Gasteiger partial charge >= 0.3 is 0 Å². The van der Waals surface area contributed by atoms with Crippen LogP contribution in [0.5, 0.6) is 0 Å². The van der Waals surface area contributed by atoms with Crippen LogP contribution in [0.1, 0.15) is 28.2 Å². The Bertz CT molecular complexity index is 546. The lowest BCUT2D eigenvalue weighted by atomic mass is 10.1. The van der Waals surface area contributed by atoms with E-state index < -0.39 is 0 Å². The summed E-state index contributed by atoms with van der Waals surface area (Å²) in [6, 6.07) is 8.30. The van der Waals surface area contributed by atoms with Gasteiger partial charge in [0.2, 0.25) is 5.91 Å². The number of carbonyl (C=O) groups is 1. The van der Waals surface area contributed by atoms with Crippen molar-refractivity contribution >= 4 is 17.2 Å². The van der Waals surface area contributed by atoms with Gasteiger partial charge in [-0.2, -0.15) is 0 Å². The second kappa shape index (κ2) is 6.48. The molecule has 2 rings (SSSR count). The van der Waals surface area contributed by atoms with Gasteiger partial charge in [-0.05, 0) is 25.8 Å². The monoisotopic (exact) mass is 274 g/mol. The topological polar surface area (TPSA) is 42.0 Å². The molecule has 0 saturated heterocycles. The molecule has 1 heterocycles. The molecule has 4 heteroatoms. The molecule has 0 aliphatic rings. The summed E-state index contributed by atoms with van der Waals surface area (Å²) in [5.74, 6) is 0.0772. The van der Waals surface area contributed by atoms with Crippen molar-refractivity contribution in [3.05, 3.63) is 51.5 Å². The van der Waals surface area contributed by atoms with Crippen LogP contribution in [0.15, 0.2) is 29.6 Å². The molecule has 19 heavy (non-hydrogen) atoms. The van der Waals surface area contributed by atoms with Gasteiger partial charge in [0.1, 0.15) is 5.01 Å². The van der Waals surface area contributed by atoms with Gasteiger partial charge < -0.3 is 5.32 Å². The lowest BCUT2D eigenvalue weighted by molar-refractivity contribution is -0.121. The first-order valence-electron chi connectivity index (χ1n) is 6.37. The number of hydrogen-bond donors (Lipinski definition) is 1. The van der Waals surface area contributed by atoms with Gasteiger partial charge in [-0.25, -0.2) is 4.98 Å². The number of aryl methyl sites for hydroxylation is 3. The van der Waals surface area contributed by atoms with Crippen molar-refractivity contribution in [2.45, 2.75) is 33.2 Å². The van der Waals surface area contributed by atoms with Gasteiger partial charge in [0.15, 0.2) is 0 Å². The quantitative estimate of drug-likeness (QED) is 0.910. The highest BCUT2D eigenvalue weighted by Gasteiger charge is 2.04. The molecule has 0 bridgehead atoms. The Labute approximate surface area is 117 Å².